The number of amides is 1. The van der Waals surface area contributed by atoms with Crippen LogP contribution in [0.4, 0.5) is 5.82 Å². The maximum absolute atomic E-state index is 12.1. The van der Waals surface area contributed by atoms with Gasteiger partial charge in [-0.3, -0.25) is 4.79 Å². The molecule has 0 atom stereocenters. The van der Waals surface area contributed by atoms with Crippen LogP contribution >= 0.6 is 11.8 Å². The molecule has 1 N–H and O–H groups in total. The fourth-order valence-corrected chi connectivity index (χ4v) is 2.36. The summed E-state index contributed by atoms with van der Waals surface area (Å²) in [7, 11) is 0. The SMILES string of the molecule is CCSc1ccccc1C(=O)Nc1ccccn1. The summed E-state index contributed by atoms with van der Waals surface area (Å²) in [5.74, 6) is 1.39. The molecule has 0 aliphatic rings. The number of pyridine rings is 1. The van der Waals surface area contributed by atoms with Crippen LogP contribution in [-0.2, 0) is 0 Å². The highest BCUT2D eigenvalue weighted by molar-refractivity contribution is 7.99. The van der Waals surface area contributed by atoms with E-state index in [0.29, 0.717) is 11.4 Å². The van der Waals surface area contributed by atoms with Gasteiger partial charge in [-0.1, -0.05) is 25.1 Å². The molecule has 1 aromatic heterocycles. The molecule has 2 rings (SSSR count). The number of carbonyl (C=O) groups excluding carboxylic acids is 1. The Morgan fingerprint density at radius 1 is 1.22 bits per heavy atom. The van der Waals surface area contributed by atoms with Gasteiger partial charge in [-0.05, 0) is 30.0 Å². The Kier molecular flexibility index (Phi) is 4.36. The first kappa shape index (κ1) is 12.6. The molecule has 0 saturated heterocycles. The van der Waals surface area contributed by atoms with Crippen LogP contribution in [0.15, 0.2) is 53.6 Å². The summed E-state index contributed by atoms with van der Waals surface area (Å²) in [6, 6.07) is 13.0. The van der Waals surface area contributed by atoms with Crippen molar-refractivity contribution in [1.82, 2.24) is 4.98 Å². The van der Waals surface area contributed by atoms with Crippen molar-refractivity contribution in [2.75, 3.05) is 11.1 Å². The van der Waals surface area contributed by atoms with Gasteiger partial charge >= 0.3 is 0 Å². The Morgan fingerprint density at radius 3 is 2.72 bits per heavy atom. The number of carbonyl (C=O) groups is 1. The minimum atomic E-state index is -0.120. The molecular formula is C14H14N2OS. The van der Waals surface area contributed by atoms with Crippen LogP contribution < -0.4 is 5.32 Å². The molecule has 1 heterocycles. The Balaban J connectivity index is 2.19. The normalized spacial score (nSPS) is 10.1. The van der Waals surface area contributed by atoms with E-state index < -0.39 is 0 Å². The van der Waals surface area contributed by atoms with Crippen LogP contribution in [-0.4, -0.2) is 16.6 Å². The van der Waals surface area contributed by atoms with Crippen LogP contribution in [0.2, 0.25) is 0 Å². The molecule has 1 aromatic carbocycles. The summed E-state index contributed by atoms with van der Waals surface area (Å²) in [5.41, 5.74) is 0.690. The molecule has 0 radical (unpaired) electrons. The van der Waals surface area contributed by atoms with Crippen LogP contribution in [0, 0.1) is 0 Å². The van der Waals surface area contributed by atoms with Crippen LogP contribution in [0.5, 0.6) is 0 Å². The molecule has 18 heavy (non-hydrogen) atoms. The Morgan fingerprint density at radius 2 is 2.00 bits per heavy atom. The molecule has 0 aliphatic heterocycles. The molecule has 0 aliphatic carbocycles. The van der Waals surface area contributed by atoms with Gasteiger partial charge in [0, 0.05) is 11.1 Å². The number of nitrogens with zero attached hydrogens (tertiary/aromatic N) is 1. The lowest BCUT2D eigenvalue weighted by molar-refractivity contribution is 0.102. The number of anilines is 1. The van der Waals surface area contributed by atoms with E-state index >= 15 is 0 Å². The number of thioether (sulfide) groups is 1. The number of benzene rings is 1. The van der Waals surface area contributed by atoms with E-state index in [4.69, 9.17) is 0 Å². The van der Waals surface area contributed by atoms with Crippen molar-refractivity contribution in [1.29, 1.82) is 0 Å². The zero-order chi connectivity index (χ0) is 12.8. The first-order valence-electron chi connectivity index (χ1n) is 5.75. The zero-order valence-electron chi connectivity index (χ0n) is 10.1. The molecule has 92 valence electrons. The van der Waals surface area contributed by atoms with Gasteiger partial charge in [-0.15, -0.1) is 11.8 Å². The van der Waals surface area contributed by atoms with Gasteiger partial charge in [-0.2, -0.15) is 0 Å². The summed E-state index contributed by atoms with van der Waals surface area (Å²) < 4.78 is 0. The largest absolute Gasteiger partial charge is 0.307 e. The van der Waals surface area contributed by atoms with Crippen molar-refractivity contribution in [3.05, 3.63) is 54.2 Å². The van der Waals surface area contributed by atoms with Crippen molar-refractivity contribution in [2.24, 2.45) is 0 Å². The lowest BCUT2D eigenvalue weighted by atomic mass is 10.2. The zero-order valence-corrected chi connectivity index (χ0v) is 10.9. The second-order valence-electron chi connectivity index (χ2n) is 3.60. The van der Waals surface area contributed by atoms with Gasteiger partial charge < -0.3 is 5.32 Å². The Hall–Kier alpha value is -1.81. The second kappa shape index (κ2) is 6.21. The molecule has 4 heteroatoms. The summed E-state index contributed by atoms with van der Waals surface area (Å²) >= 11 is 1.66. The van der Waals surface area contributed by atoms with E-state index in [2.05, 4.69) is 17.2 Å². The standard InChI is InChI=1S/C14H14N2OS/c1-2-18-12-8-4-3-7-11(12)14(17)16-13-9-5-6-10-15-13/h3-10H,2H2,1H3,(H,15,16,17). The highest BCUT2D eigenvalue weighted by Gasteiger charge is 2.11. The predicted octanol–water partition coefficient (Wildman–Crippen LogP) is 3.45. The summed E-state index contributed by atoms with van der Waals surface area (Å²) in [4.78, 5) is 17.2. The van der Waals surface area contributed by atoms with E-state index in [-0.39, 0.29) is 5.91 Å². The number of aromatic nitrogens is 1. The first-order valence-corrected chi connectivity index (χ1v) is 6.74. The van der Waals surface area contributed by atoms with Gasteiger partial charge in [0.05, 0.1) is 5.56 Å². The number of rotatable bonds is 4. The van der Waals surface area contributed by atoms with E-state index in [1.165, 1.54) is 0 Å². The smallest absolute Gasteiger partial charge is 0.257 e. The monoisotopic (exact) mass is 258 g/mol. The van der Waals surface area contributed by atoms with Crippen LogP contribution in [0.3, 0.4) is 0 Å². The van der Waals surface area contributed by atoms with Gasteiger partial charge in [0.15, 0.2) is 0 Å². The summed E-state index contributed by atoms with van der Waals surface area (Å²) in [6.07, 6.45) is 1.66. The van der Waals surface area contributed by atoms with E-state index in [0.717, 1.165) is 10.6 Å². The third kappa shape index (κ3) is 3.11. The third-order valence-electron chi connectivity index (χ3n) is 2.34. The maximum Gasteiger partial charge on any atom is 0.257 e. The fraction of sp³-hybridized carbons (Fsp3) is 0.143. The van der Waals surface area contributed by atoms with Crippen molar-refractivity contribution < 1.29 is 4.79 Å². The number of hydrogen-bond acceptors (Lipinski definition) is 3. The maximum atomic E-state index is 12.1. The van der Waals surface area contributed by atoms with Crippen molar-refractivity contribution in [3.8, 4) is 0 Å². The first-order chi connectivity index (χ1) is 8.81. The van der Waals surface area contributed by atoms with Gasteiger partial charge in [0.1, 0.15) is 5.82 Å². The van der Waals surface area contributed by atoms with Gasteiger partial charge in [0.25, 0.3) is 5.91 Å². The van der Waals surface area contributed by atoms with Gasteiger partial charge in [0.2, 0.25) is 0 Å². The molecule has 0 spiro atoms. The highest BCUT2D eigenvalue weighted by Crippen LogP contribution is 2.22. The third-order valence-corrected chi connectivity index (χ3v) is 3.29. The predicted molar refractivity (Wildman–Crippen MR) is 75.0 cm³/mol. The summed E-state index contributed by atoms with van der Waals surface area (Å²) in [6.45, 7) is 2.07. The van der Waals surface area contributed by atoms with Crippen molar-refractivity contribution in [3.63, 3.8) is 0 Å². The fourth-order valence-electron chi connectivity index (χ4n) is 1.56. The van der Waals surface area contributed by atoms with Crippen LogP contribution in [0.25, 0.3) is 0 Å². The number of nitrogens with one attached hydrogen (secondary N) is 1. The lowest BCUT2D eigenvalue weighted by Crippen LogP contribution is -2.13. The molecule has 0 fully saturated rings. The Bertz CT molecular complexity index is 528. The van der Waals surface area contributed by atoms with Crippen LogP contribution in [0.1, 0.15) is 17.3 Å². The number of hydrogen-bond donors (Lipinski definition) is 1. The average Bonchev–Trinajstić information content (AvgIpc) is 2.41. The van der Waals surface area contributed by atoms with E-state index in [1.807, 2.05) is 36.4 Å². The second-order valence-corrected chi connectivity index (χ2v) is 4.90. The van der Waals surface area contributed by atoms with E-state index in [9.17, 15) is 4.79 Å². The molecular weight excluding hydrogens is 244 g/mol. The minimum Gasteiger partial charge on any atom is -0.307 e. The molecule has 1 amide bonds. The minimum absolute atomic E-state index is 0.120. The molecule has 0 unspecified atom stereocenters. The quantitative estimate of drug-likeness (QED) is 0.854. The molecule has 3 nitrogen and oxygen atoms in total. The van der Waals surface area contributed by atoms with Crippen molar-refractivity contribution >= 4 is 23.5 Å². The van der Waals surface area contributed by atoms with E-state index in [1.54, 1.807) is 24.0 Å². The topological polar surface area (TPSA) is 42.0 Å². The lowest BCUT2D eigenvalue weighted by Gasteiger charge is -2.08. The van der Waals surface area contributed by atoms with Gasteiger partial charge in [-0.25, -0.2) is 4.98 Å². The average molecular weight is 258 g/mol. The molecule has 0 saturated carbocycles. The molecule has 2 aromatic rings. The van der Waals surface area contributed by atoms with Crippen molar-refractivity contribution in [2.45, 2.75) is 11.8 Å². The summed E-state index contributed by atoms with van der Waals surface area (Å²) in [5, 5.41) is 2.79. The molecule has 0 bridgehead atoms. The highest BCUT2D eigenvalue weighted by atomic mass is 32.2. The Labute approximate surface area is 111 Å².